The topological polar surface area (TPSA) is 92.8 Å². The Morgan fingerprint density at radius 1 is 1.09 bits per heavy atom. The summed E-state index contributed by atoms with van der Waals surface area (Å²) in [7, 11) is -2.41. The Balaban J connectivity index is 1.65. The van der Waals surface area contributed by atoms with Crippen LogP contribution in [0.2, 0.25) is 0 Å². The SMILES string of the molecule is Cc1ccc(N(C)S(=O)(=O)c2cccc(C(=O)OCC(=O)NC3CCCCC3C)c2)cc1. The van der Waals surface area contributed by atoms with Gasteiger partial charge in [0.05, 0.1) is 16.1 Å². The van der Waals surface area contributed by atoms with E-state index in [2.05, 4.69) is 12.2 Å². The minimum atomic E-state index is -3.87. The number of nitrogens with zero attached hydrogens (tertiary/aromatic N) is 1. The van der Waals surface area contributed by atoms with Gasteiger partial charge in [-0.05, 0) is 56.0 Å². The van der Waals surface area contributed by atoms with Crippen LogP contribution in [0, 0.1) is 12.8 Å². The molecule has 2 atom stereocenters. The summed E-state index contributed by atoms with van der Waals surface area (Å²) in [4.78, 5) is 24.6. The first-order valence-corrected chi connectivity index (χ1v) is 12.2. The van der Waals surface area contributed by atoms with Crippen LogP contribution in [0.3, 0.4) is 0 Å². The van der Waals surface area contributed by atoms with Crippen molar-refractivity contribution < 1.29 is 22.7 Å². The number of esters is 1. The molecule has 172 valence electrons. The van der Waals surface area contributed by atoms with Crippen LogP contribution in [0.25, 0.3) is 0 Å². The maximum absolute atomic E-state index is 13.0. The van der Waals surface area contributed by atoms with Gasteiger partial charge in [-0.25, -0.2) is 13.2 Å². The van der Waals surface area contributed by atoms with E-state index in [0.29, 0.717) is 11.6 Å². The first-order chi connectivity index (χ1) is 15.2. The number of hydrogen-bond donors (Lipinski definition) is 1. The van der Waals surface area contributed by atoms with E-state index in [1.807, 2.05) is 19.1 Å². The lowest BCUT2D eigenvalue weighted by atomic mass is 9.86. The van der Waals surface area contributed by atoms with Crippen molar-refractivity contribution in [2.45, 2.75) is 50.5 Å². The first kappa shape index (κ1) is 23.8. The highest BCUT2D eigenvalue weighted by atomic mass is 32.2. The highest BCUT2D eigenvalue weighted by Gasteiger charge is 2.25. The molecule has 32 heavy (non-hydrogen) atoms. The fourth-order valence-electron chi connectivity index (χ4n) is 3.83. The summed E-state index contributed by atoms with van der Waals surface area (Å²) in [5.74, 6) is -0.692. The zero-order valence-corrected chi connectivity index (χ0v) is 19.5. The Morgan fingerprint density at radius 3 is 2.47 bits per heavy atom. The molecule has 0 bridgehead atoms. The van der Waals surface area contributed by atoms with E-state index in [1.54, 1.807) is 12.1 Å². The Bertz CT molecular complexity index is 1070. The molecule has 1 amide bonds. The molecule has 1 saturated carbocycles. The van der Waals surface area contributed by atoms with Crippen LogP contribution in [0.4, 0.5) is 5.69 Å². The van der Waals surface area contributed by atoms with E-state index in [4.69, 9.17) is 4.74 Å². The van der Waals surface area contributed by atoms with Crippen LogP contribution in [-0.2, 0) is 19.6 Å². The van der Waals surface area contributed by atoms with Crippen LogP contribution in [0.5, 0.6) is 0 Å². The molecule has 0 spiro atoms. The maximum Gasteiger partial charge on any atom is 0.338 e. The number of sulfonamides is 1. The van der Waals surface area contributed by atoms with E-state index in [9.17, 15) is 18.0 Å². The summed E-state index contributed by atoms with van der Waals surface area (Å²) in [6, 6.07) is 12.8. The second-order valence-corrected chi connectivity index (χ2v) is 10.3. The van der Waals surface area contributed by atoms with E-state index < -0.39 is 22.6 Å². The van der Waals surface area contributed by atoms with Gasteiger partial charge in [-0.2, -0.15) is 0 Å². The van der Waals surface area contributed by atoms with Crippen molar-refractivity contribution in [3.8, 4) is 0 Å². The summed E-state index contributed by atoms with van der Waals surface area (Å²) in [6.45, 7) is 3.63. The molecular weight excluding hydrogens is 428 g/mol. The summed E-state index contributed by atoms with van der Waals surface area (Å²) >= 11 is 0. The Morgan fingerprint density at radius 2 is 1.78 bits per heavy atom. The molecule has 3 rings (SSSR count). The number of aryl methyl sites for hydroxylation is 1. The van der Waals surface area contributed by atoms with Crippen molar-refractivity contribution in [1.82, 2.24) is 5.32 Å². The molecule has 7 nitrogen and oxygen atoms in total. The summed E-state index contributed by atoms with van der Waals surface area (Å²) < 4.78 is 32.3. The van der Waals surface area contributed by atoms with Crippen molar-refractivity contribution >= 4 is 27.6 Å². The predicted octanol–water partition coefficient (Wildman–Crippen LogP) is 3.67. The second kappa shape index (κ2) is 10.2. The zero-order valence-electron chi connectivity index (χ0n) is 18.7. The van der Waals surface area contributed by atoms with Crippen molar-refractivity contribution in [1.29, 1.82) is 0 Å². The quantitative estimate of drug-likeness (QED) is 0.639. The molecule has 1 aliphatic carbocycles. The molecule has 2 aromatic rings. The van der Waals surface area contributed by atoms with Crippen LogP contribution in [-0.4, -0.2) is 40.0 Å². The highest BCUT2D eigenvalue weighted by molar-refractivity contribution is 7.92. The van der Waals surface area contributed by atoms with Crippen molar-refractivity contribution in [3.63, 3.8) is 0 Å². The highest BCUT2D eigenvalue weighted by Crippen LogP contribution is 2.24. The molecule has 1 aliphatic rings. The van der Waals surface area contributed by atoms with Gasteiger partial charge in [0.15, 0.2) is 6.61 Å². The van der Waals surface area contributed by atoms with Gasteiger partial charge in [-0.15, -0.1) is 0 Å². The number of rotatable bonds is 7. The molecule has 0 aromatic heterocycles. The molecule has 1 fully saturated rings. The van der Waals surface area contributed by atoms with Crippen LogP contribution in [0.15, 0.2) is 53.4 Å². The Kier molecular flexibility index (Phi) is 7.56. The van der Waals surface area contributed by atoms with Crippen LogP contribution < -0.4 is 9.62 Å². The summed E-state index contributed by atoms with van der Waals surface area (Å²) in [6.07, 6.45) is 4.24. The lowest BCUT2D eigenvalue weighted by Gasteiger charge is -2.29. The predicted molar refractivity (Wildman–Crippen MR) is 123 cm³/mol. The lowest BCUT2D eigenvalue weighted by molar-refractivity contribution is -0.125. The third-order valence-electron chi connectivity index (χ3n) is 5.92. The Hall–Kier alpha value is -2.87. The minimum absolute atomic E-state index is 0.0319. The zero-order chi connectivity index (χ0) is 23.3. The lowest BCUT2D eigenvalue weighted by Crippen LogP contribution is -2.42. The first-order valence-electron chi connectivity index (χ1n) is 10.8. The molecule has 1 N–H and O–H groups in total. The van der Waals surface area contributed by atoms with Crippen LogP contribution >= 0.6 is 0 Å². The average Bonchev–Trinajstić information content (AvgIpc) is 2.79. The molecule has 0 aliphatic heterocycles. The van der Waals surface area contributed by atoms with Gasteiger partial charge in [0.1, 0.15) is 0 Å². The van der Waals surface area contributed by atoms with Gasteiger partial charge < -0.3 is 10.1 Å². The van der Waals surface area contributed by atoms with Gasteiger partial charge in [0.25, 0.3) is 15.9 Å². The third kappa shape index (κ3) is 5.68. The Labute approximate surface area is 189 Å². The summed E-state index contributed by atoms with van der Waals surface area (Å²) in [5.41, 5.74) is 1.60. The molecule has 0 saturated heterocycles. The van der Waals surface area contributed by atoms with E-state index in [1.165, 1.54) is 37.7 Å². The number of hydrogen-bond acceptors (Lipinski definition) is 5. The van der Waals surface area contributed by atoms with Gasteiger partial charge in [-0.3, -0.25) is 9.10 Å². The van der Waals surface area contributed by atoms with E-state index in [-0.39, 0.29) is 22.4 Å². The molecular formula is C24H30N2O5S. The van der Waals surface area contributed by atoms with Gasteiger partial charge in [0, 0.05) is 13.1 Å². The van der Waals surface area contributed by atoms with Crippen molar-refractivity contribution in [2.24, 2.45) is 5.92 Å². The number of carbonyl (C=O) groups is 2. The third-order valence-corrected chi connectivity index (χ3v) is 7.70. The number of benzene rings is 2. The van der Waals surface area contributed by atoms with E-state index >= 15 is 0 Å². The molecule has 0 heterocycles. The number of amides is 1. The normalized spacial score (nSPS) is 18.6. The van der Waals surface area contributed by atoms with Gasteiger partial charge in [0.2, 0.25) is 0 Å². The number of nitrogens with one attached hydrogen (secondary N) is 1. The monoisotopic (exact) mass is 458 g/mol. The van der Waals surface area contributed by atoms with Crippen LogP contribution in [0.1, 0.15) is 48.5 Å². The van der Waals surface area contributed by atoms with Gasteiger partial charge in [-0.1, -0.05) is 43.5 Å². The minimum Gasteiger partial charge on any atom is -0.452 e. The summed E-state index contributed by atoms with van der Waals surface area (Å²) in [5, 5.41) is 2.93. The smallest absolute Gasteiger partial charge is 0.338 e. The second-order valence-electron chi connectivity index (χ2n) is 8.35. The molecule has 2 unspecified atom stereocenters. The maximum atomic E-state index is 13.0. The molecule has 2 aromatic carbocycles. The van der Waals surface area contributed by atoms with Gasteiger partial charge >= 0.3 is 5.97 Å². The number of carbonyl (C=O) groups excluding carboxylic acids is 2. The number of ether oxygens (including phenoxy) is 1. The fourth-order valence-corrected chi connectivity index (χ4v) is 5.07. The largest absolute Gasteiger partial charge is 0.452 e. The van der Waals surface area contributed by atoms with Crippen molar-refractivity contribution in [3.05, 3.63) is 59.7 Å². The fraction of sp³-hybridized carbons (Fsp3) is 0.417. The molecule has 0 radical (unpaired) electrons. The standard InChI is InChI=1S/C24H30N2O5S/c1-17-11-13-20(14-12-17)26(3)32(29,30)21-9-6-8-19(15-21)24(28)31-16-23(27)25-22-10-5-4-7-18(22)2/h6,8-9,11-15,18,22H,4-5,7,10,16H2,1-3H3,(H,25,27). The molecule has 8 heteroatoms. The van der Waals surface area contributed by atoms with Crippen molar-refractivity contribution in [2.75, 3.05) is 18.0 Å². The average molecular weight is 459 g/mol. The van der Waals surface area contributed by atoms with E-state index in [0.717, 1.165) is 29.1 Å². The number of anilines is 1.